The van der Waals surface area contributed by atoms with E-state index in [1.54, 1.807) is 19.1 Å². The van der Waals surface area contributed by atoms with Crippen molar-refractivity contribution in [2.75, 3.05) is 72.8 Å². The molecule has 3 aliphatic heterocycles. The fourth-order valence-corrected chi connectivity index (χ4v) is 11.9. The lowest BCUT2D eigenvalue weighted by Gasteiger charge is -2.35. The molecule has 19 nitrogen and oxygen atoms in total. The van der Waals surface area contributed by atoms with Gasteiger partial charge in [0.1, 0.15) is 35.9 Å². The van der Waals surface area contributed by atoms with Gasteiger partial charge in [0.2, 0.25) is 11.8 Å². The summed E-state index contributed by atoms with van der Waals surface area (Å²) in [6.07, 6.45) is 5.40. The Hall–Kier alpha value is -6.80. The van der Waals surface area contributed by atoms with Crippen LogP contribution in [0.1, 0.15) is 139 Å². The molecule has 0 bridgehead atoms. The topological polar surface area (TPSA) is 217 Å². The van der Waals surface area contributed by atoms with Crippen LogP contribution in [-0.2, 0) is 38.7 Å². The van der Waals surface area contributed by atoms with Crippen molar-refractivity contribution in [3.8, 4) is 22.5 Å². The number of hydrogen-bond donors (Lipinski definition) is 4. The number of carboxylic acid groups (broad SMARTS) is 1. The van der Waals surface area contributed by atoms with Crippen LogP contribution in [0, 0.1) is 11.8 Å². The molecule has 3 fully saturated rings. The van der Waals surface area contributed by atoms with E-state index in [-0.39, 0.29) is 53.2 Å². The summed E-state index contributed by atoms with van der Waals surface area (Å²) in [6, 6.07) is 23.1. The van der Waals surface area contributed by atoms with Crippen LogP contribution < -0.4 is 10.2 Å². The predicted molar refractivity (Wildman–Crippen MR) is 310 cm³/mol. The standard InChI is InChI=1S/C62H85N9O10/c1-38(2)50(67-60(74)79-11)58(72)69-30-12-16-48(69)56-63-36-46(65-56)40-18-22-42(23-19-40)52-54(80-34-14-32-77-9)55(81-35-15-33-78-10)53(71(52)45-28-26-44(27-29-45)62(5,6)7)43-24-20-41(21-25-43)47-37-64-57(66-47)49-17-13-31-70(49)59(73)51(39(3)4)68(8)61(75)76/h18-29,36-39,48-55H,12-17,30-35H2,1-11H3,(H,63,65)(H,64,66)(H,67,74)(H,75,76)/t48-,49-,50-,51-,52-,53-,54+,55+/m0/s1. The van der Waals surface area contributed by atoms with Crippen molar-refractivity contribution in [1.29, 1.82) is 0 Å². The van der Waals surface area contributed by atoms with Crippen LogP contribution in [0.15, 0.2) is 85.2 Å². The third kappa shape index (κ3) is 13.6. The number of alkyl carbamates (subject to hydrolysis) is 1. The number of carbonyl (C=O) groups is 4. The highest BCUT2D eigenvalue weighted by molar-refractivity contribution is 5.87. The molecule has 5 heterocycles. The molecule has 3 aromatic carbocycles. The van der Waals surface area contributed by atoms with E-state index in [9.17, 15) is 24.3 Å². The molecule has 0 radical (unpaired) electrons. The average Bonchev–Trinajstić information content (AvgIpc) is 4.37. The molecule has 0 unspecified atom stereocenters. The SMILES string of the molecule is COCCCO[C@H]1[C@H](OCCCOC)[C@H](c2ccc(-c3cnc([C@@H]4CCCN4C(=O)[C@H](C(C)C)N(C)C(=O)O)[nH]3)cc2)N(c2ccc(C(C)(C)C)cc2)[C@H]1c1ccc(-c2cnc([C@@H]3CCCN3C(=O)[C@@H](NC(=O)OC)C(C)C)[nH]2)cc1. The molecule has 5 aromatic rings. The summed E-state index contributed by atoms with van der Waals surface area (Å²) in [6.45, 7) is 17.3. The van der Waals surface area contributed by atoms with E-state index >= 15 is 0 Å². The monoisotopic (exact) mass is 1120 g/mol. The zero-order chi connectivity index (χ0) is 58.1. The molecule has 4 amide bonds. The number of likely N-dealkylation sites (tertiary alicyclic amines) is 2. The lowest BCUT2D eigenvalue weighted by atomic mass is 9.87. The summed E-state index contributed by atoms with van der Waals surface area (Å²) in [5.41, 5.74) is 7.67. The number of aromatic amines is 2. The Labute approximate surface area is 477 Å². The Morgan fingerprint density at radius 3 is 1.56 bits per heavy atom. The van der Waals surface area contributed by atoms with E-state index in [4.69, 9.17) is 33.7 Å². The van der Waals surface area contributed by atoms with Crippen molar-refractivity contribution >= 4 is 29.7 Å². The van der Waals surface area contributed by atoms with Crippen molar-refractivity contribution in [1.82, 2.24) is 40.0 Å². The van der Waals surface area contributed by atoms with Gasteiger partial charge in [0, 0.05) is 66.5 Å². The van der Waals surface area contributed by atoms with E-state index in [1.165, 1.54) is 19.7 Å². The third-order valence-corrected chi connectivity index (χ3v) is 16.2. The van der Waals surface area contributed by atoms with Gasteiger partial charge in [-0.15, -0.1) is 0 Å². The molecule has 81 heavy (non-hydrogen) atoms. The first kappa shape index (κ1) is 60.3. The molecular formula is C62H85N9O10. The van der Waals surface area contributed by atoms with Gasteiger partial charge in [0.25, 0.3) is 0 Å². The van der Waals surface area contributed by atoms with Crippen molar-refractivity contribution in [3.63, 3.8) is 0 Å². The number of hydrogen-bond acceptors (Lipinski definition) is 12. The molecule has 8 atom stereocenters. The summed E-state index contributed by atoms with van der Waals surface area (Å²) in [4.78, 5) is 76.1. The Morgan fingerprint density at radius 1 is 0.679 bits per heavy atom. The van der Waals surface area contributed by atoms with Crippen LogP contribution >= 0.6 is 0 Å². The van der Waals surface area contributed by atoms with Gasteiger partial charge in [-0.25, -0.2) is 19.6 Å². The summed E-state index contributed by atoms with van der Waals surface area (Å²) >= 11 is 0. The molecule has 3 aliphatic rings. The number of carbonyl (C=O) groups excluding carboxylic acids is 3. The number of aromatic nitrogens is 4. The second-order valence-electron chi connectivity index (χ2n) is 23.4. The largest absolute Gasteiger partial charge is 0.465 e. The molecule has 4 N–H and O–H groups in total. The quantitative estimate of drug-likeness (QED) is 0.0448. The lowest BCUT2D eigenvalue weighted by Crippen LogP contribution is -2.51. The molecule has 0 spiro atoms. The second-order valence-corrected chi connectivity index (χ2v) is 23.4. The van der Waals surface area contributed by atoms with Gasteiger partial charge in [-0.3, -0.25) is 14.5 Å². The van der Waals surface area contributed by atoms with E-state index in [0.29, 0.717) is 70.4 Å². The van der Waals surface area contributed by atoms with Crippen LogP contribution in [0.4, 0.5) is 15.3 Å². The number of amides is 4. The van der Waals surface area contributed by atoms with E-state index in [0.717, 1.165) is 63.5 Å². The highest BCUT2D eigenvalue weighted by Crippen LogP contribution is 2.51. The molecule has 8 rings (SSSR count). The number of nitrogens with zero attached hydrogens (tertiary/aromatic N) is 6. The number of benzene rings is 3. The highest BCUT2D eigenvalue weighted by Gasteiger charge is 2.52. The van der Waals surface area contributed by atoms with Crippen LogP contribution in [0.3, 0.4) is 0 Å². The average molecular weight is 1120 g/mol. The molecule has 2 aromatic heterocycles. The number of methoxy groups -OCH3 is 3. The number of anilines is 1. The van der Waals surface area contributed by atoms with Gasteiger partial charge in [0.05, 0.1) is 55.1 Å². The Bertz CT molecular complexity index is 2860. The fraction of sp³-hybridized carbons (Fsp3) is 0.548. The summed E-state index contributed by atoms with van der Waals surface area (Å²) in [7, 11) is 6.14. The Balaban J connectivity index is 1.14. The normalized spacial score (nSPS) is 21.0. The molecule has 19 heteroatoms. The second kappa shape index (κ2) is 26.9. The smallest absolute Gasteiger partial charge is 0.407 e. The fourth-order valence-electron chi connectivity index (χ4n) is 11.9. The Morgan fingerprint density at radius 2 is 1.15 bits per heavy atom. The summed E-state index contributed by atoms with van der Waals surface area (Å²) < 4.78 is 30.0. The van der Waals surface area contributed by atoms with Crippen molar-refractivity contribution in [3.05, 3.63) is 114 Å². The van der Waals surface area contributed by atoms with E-state index in [1.807, 2.05) is 45.0 Å². The van der Waals surface area contributed by atoms with Gasteiger partial charge in [-0.2, -0.15) is 0 Å². The molecular weight excluding hydrogens is 1030 g/mol. The van der Waals surface area contributed by atoms with Gasteiger partial charge in [-0.05, 0) is 95.7 Å². The van der Waals surface area contributed by atoms with Crippen molar-refractivity contribution in [2.24, 2.45) is 11.8 Å². The predicted octanol–water partition coefficient (Wildman–Crippen LogP) is 10.3. The van der Waals surface area contributed by atoms with Crippen LogP contribution in [-0.4, -0.2) is 156 Å². The van der Waals surface area contributed by atoms with Gasteiger partial charge < -0.3 is 58.8 Å². The highest BCUT2D eigenvalue weighted by atomic mass is 16.5. The number of imidazole rings is 2. The van der Waals surface area contributed by atoms with Gasteiger partial charge >= 0.3 is 12.2 Å². The third-order valence-electron chi connectivity index (χ3n) is 16.2. The van der Waals surface area contributed by atoms with E-state index in [2.05, 4.69) is 114 Å². The summed E-state index contributed by atoms with van der Waals surface area (Å²) in [5, 5.41) is 12.6. The first-order valence-corrected chi connectivity index (χ1v) is 28.7. The van der Waals surface area contributed by atoms with Gasteiger partial charge in [-0.1, -0.05) is 109 Å². The zero-order valence-electron chi connectivity index (χ0n) is 49.1. The first-order chi connectivity index (χ1) is 38.9. The number of ether oxygens (including phenoxy) is 5. The number of H-pyrrole nitrogens is 2. The minimum absolute atomic E-state index is 0.0734. The molecule has 0 saturated carbocycles. The molecule has 3 saturated heterocycles. The molecule has 0 aliphatic carbocycles. The molecule has 438 valence electrons. The maximum Gasteiger partial charge on any atom is 0.407 e. The van der Waals surface area contributed by atoms with E-state index < -0.39 is 36.5 Å². The lowest BCUT2D eigenvalue weighted by molar-refractivity contribution is -0.138. The Kier molecular flexibility index (Phi) is 20.0. The van der Waals surface area contributed by atoms with Crippen molar-refractivity contribution < 1.29 is 48.0 Å². The van der Waals surface area contributed by atoms with Crippen LogP contribution in [0.5, 0.6) is 0 Å². The minimum Gasteiger partial charge on any atom is -0.465 e. The maximum absolute atomic E-state index is 14.0. The van der Waals surface area contributed by atoms with Crippen LogP contribution in [0.2, 0.25) is 0 Å². The number of nitrogens with one attached hydrogen (secondary N) is 3. The van der Waals surface area contributed by atoms with Crippen molar-refractivity contribution in [2.45, 2.75) is 141 Å². The first-order valence-electron chi connectivity index (χ1n) is 28.7. The maximum atomic E-state index is 14.0. The summed E-state index contributed by atoms with van der Waals surface area (Å²) in [5.74, 6) is 0.614. The van der Waals surface area contributed by atoms with Crippen LogP contribution in [0.25, 0.3) is 22.5 Å². The zero-order valence-corrected chi connectivity index (χ0v) is 49.1. The number of rotatable bonds is 23. The minimum atomic E-state index is -1.14. The number of likely N-dealkylation sites (N-methyl/N-ethyl adjacent to an activating group) is 1. The van der Waals surface area contributed by atoms with Gasteiger partial charge in [0.15, 0.2) is 0 Å².